The molecule has 0 aliphatic heterocycles. The molecule has 0 saturated carbocycles. The van der Waals surface area contributed by atoms with Crippen molar-refractivity contribution in [3.63, 3.8) is 0 Å². The number of halogens is 1. The van der Waals surface area contributed by atoms with Crippen LogP contribution in [0, 0.1) is 0 Å². The average molecular weight is 391 g/mol. The van der Waals surface area contributed by atoms with Gasteiger partial charge in [0.25, 0.3) is 0 Å². The molecule has 2 amide bonds. The Morgan fingerprint density at radius 3 is 2.41 bits per heavy atom. The van der Waals surface area contributed by atoms with E-state index in [2.05, 4.69) is 17.6 Å². The molecule has 0 spiro atoms. The number of aryl methyl sites for hydroxylation is 1. The largest absolute Gasteiger partial charge is 0.491 e. The SMILES string of the molecule is CCc1ccc(Cl)c(CC)c1NC(=O)NCc1ccc(OCCOC)cc1. The molecule has 0 atom stereocenters. The highest BCUT2D eigenvalue weighted by Crippen LogP contribution is 2.29. The number of ether oxygens (including phenoxy) is 2. The highest BCUT2D eigenvalue weighted by atomic mass is 35.5. The van der Waals surface area contributed by atoms with Gasteiger partial charge in [-0.25, -0.2) is 4.79 Å². The standard InChI is InChI=1S/C21H27ClN2O3/c1-4-16-8-11-19(22)18(5-2)20(16)24-21(25)23-14-15-6-9-17(10-7-15)27-13-12-26-3/h6-11H,4-5,12-14H2,1-3H3,(H2,23,24,25). The molecule has 2 N–H and O–H groups in total. The Labute approximate surface area is 166 Å². The number of hydrogen-bond acceptors (Lipinski definition) is 3. The summed E-state index contributed by atoms with van der Waals surface area (Å²) in [4.78, 5) is 12.4. The summed E-state index contributed by atoms with van der Waals surface area (Å²) in [5.74, 6) is 0.777. The van der Waals surface area contributed by atoms with E-state index in [9.17, 15) is 4.79 Å². The van der Waals surface area contributed by atoms with Gasteiger partial charge in [-0.2, -0.15) is 0 Å². The number of nitrogens with one attached hydrogen (secondary N) is 2. The molecule has 0 unspecified atom stereocenters. The minimum atomic E-state index is -0.248. The fourth-order valence-electron chi connectivity index (χ4n) is 2.75. The molecule has 0 aliphatic carbocycles. The van der Waals surface area contributed by atoms with E-state index in [0.29, 0.717) is 24.8 Å². The zero-order valence-corrected chi connectivity index (χ0v) is 16.9. The highest BCUT2D eigenvalue weighted by Gasteiger charge is 2.13. The molecule has 0 radical (unpaired) electrons. The molecule has 2 aromatic rings. The van der Waals surface area contributed by atoms with Gasteiger partial charge in [-0.3, -0.25) is 0 Å². The lowest BCUT2D eigenvalue weighted by atomic mass is 10.0. The molecule has 0 fully saturated rings. The van der Waals surface area contributed by atoms with E-state index in [-0.39, 0.29) is 6.03 Å². The normalized spacial score (nSPS) is 10.5. The van der Waals surface area contributed by atoms with Crippen LogP contribution in [0.1, 0.15) is 30.5 Å². The highest BCUT2D eigenvalue weighted by molar-refractivity contribution is 6.31. The Morgan fingerprint density at radius 2 is 1.78 bits per heavy atom. The number of urea groups is 1. The van der Waals surface area contributed by atoms with Gasteiger partial charge in [-0.15, -0.1) is 0 Å². The quantitative estimate of drug-likeness (QED) is 0.604. The lowest BCUT2D eigenvalue weighted by Crippen LogP contribution is -2.29. The summed E-state index contributed by atoms with van der Waals surface area (Å²) in [7, 11) is 1.64. The van der Waals surface area contributed by atoms with Gasteiger partial charge in [0.05, 0.1) is 12.3 Å². The van der Waals surface area contributed by atoms with Crippen LogP contribution in [0.2, 0.25) is 5.02 Å². The molecule has 0 aliphatic rings. The summed E-state index contributed by atoms with van der Waals surface area (Å²) < 4.78 is 10.5. The number of methoxy groups -OCH3 is 1. The summed E-state index contributed by atoms with van der Waals surface area (Å²) >= 11 is 6.28. The summed E-state index contributed by atoms with van der Waals surface area (Å²) in [5, 5.41) is 6.53. The predicted octanol–water partition coefficient (Wildman–Crippen LogP) is 4.81. The van der Waals surface area contributed by atoms with Crippen molar-refractivity contribution < 1.29 is 14.3 Å². The topological polar surface area (TPSA) is 59.6 Å². The van der Waals surface area contributed by atoms with Gasteiger partial charge in [-0.1, -0.05) is 43.6 Å². The zero-order chi connectivity index (χ0) is 19.6. The van der Waals surface area contributed by atoms with E-state index in [1.807, 2.05) is 43.3 Å². The lowest BCUT2D eigenvalue weighted by Gasteiger charge is -2.16. The third-order valence-corrected chi connectivity index (χ3v) is 4.60. The lowest BCUT2D eigenvalue weighted by molar-refractivity contribution is 0.146. The molecule has 2 rings (SSSR count). The average Bonchev–Trinajstić information content (AvgIpc) is 2.68. The number of benzene rings is 2. The van der Waals surface area contributed by atoms with E-state index in [1.54, 1.807) is 7.11 Å². The van der Waals surface area contributed by atoms with Crippen LogP contribution in [0.25, 0.3) is 0 Å². The van der Waals surface area contributed by atoms with E-state index in [1.165, 1.54) is 0 Å². The monoisotopic (exact) mass is 390 g/mol. The maximum atomic E-state index is 12.4. The van der Waals surface area contributed by atoms with Gasteiger partial charge >= 0.3 is 6.03 Å². The second kappa shape index (κ2) is 10.8. The molecule has 0 aromatic heterocycles. The van der Waals surface area contributed by atoms with Gasteiger partial charge in [0, 0.05) is 18.7 Å². The van der Waals surface area contributed by atoms with Crippen LogP contribution in [0.3, 0.4) is 0 Å². The van der Waals surface area contributed by atoms with Crippen molar-refractivity contribution >= 4 is 23.3 Å². The predicted molar refractivity (Wildman–Crippen MR) is 110 cm³/mol. The van der Waals surface area contributed by atoms with Crippen molar-refractivity contribution in [2.75, 3.05) is 25.6 Å². The van der Waals surface area contributed by atoms with Gasteiger partial charge in [0.15, 0.2) is 0 Å². The first kappa shape index (κ1) is 21.1. The van der Waals surface area contributed by atoms with E-state index < -0.39 is 0 Å². The Kier molecular flexibility index (Phi) is 8.43. The summed E-state index contributed by atoms with van der Waals surface area (Å²) in [5.41, 5.74) is 3.83. The molecule has 6 heteroatoms. The van der Waals surface area contributed by atoms with E-state index >= 15 is 0 Å². The number of carbonyl (C=O) groups is 1. The van der Waals surface area contributed by atoms with E-state index in [4.69, 9.17) is 21.1 Å². The van der Waals surface area contributed by atoms with Crippen molar-refractivity contribution in [3.8, 4) is 5.75 Å². The molecule has 0 bridgehead atoms. The zero-order valence-electron chi connectivity index (χ0n) is 16.1. The third-order valence-electron chi connectivity index (χ3n) is 4.25. The van der Waals surface area contributed by atoms with Crippen LogP contribution in [0.15, 0.2) is 36.4 Å². The van der Waals surface area contributed by atoms with Crippen LogP contribution in [-0.2, 0) is 24.1 Å². The van der Waals surface area contributed by atoms with Crippen molar-refractivity contribution in [2.24, 2.45) is 0 Å². The van der Waals surface area contributed by atoms with E-state index in [0.717, 1.165) is 41.0 Å². The first-order valence-electron chi connectivity index (χ1n) is 9.14. The minimum Gasteiger partial charge on any atom is -0.491 e. The van der Waals surface area contributed by atoms with Crippen molar-refractivity contribution in [2.45, 2.75) is 33.2 Å². The Morgan fingerprint density at radius 1 is 1.04 bits per heavy atom. The first-order chi connectivity index (χ1) is 13.1. The molecule has 27 heavy (non-hydrogen) atoms. The molecule has 5 nitrogen and oxygen atoms in total. The number of anilines is 1. The summed E-state index contributed by atoms with van der Waals surface area (Å²) in [6, 6.07) is 11.2. The molecule has 0 heterocycles. The minimum absolute atomic E-state index is 0.248. The second-order valence-corrected chi connectivity index (χ2v) is 6.47. The summed E-state index contributed by atoms with van der Waals surface area (Å²) in [6.07, 6.45) is 1.58. The fourth-order valence-corrected chi connectivity index (χ4v) is 3.04. The second-order valence-electron chi connectivity index (χ2n) is 6.06. The summed E-state index contributed by atoms with van der Waals surface area (Å²) in [6.45, 7) is 5.57. The van der Waals surface area contributed by atoms with Gasteiger partial charge in [0.1, 0.15) is 12.4 Å². The maximum Gasteiger partial charge on any atom is 0.319 e. The third kappa shape index (κ3) is 6.15. The molecule has 0 saturated heterocycles. The van der Waals surface area contributed by atoms with Gasteiger partial charge < -0.3 is 20.1 Å². The number of amides is 2. The maximum absolute atomic E-state index is 12.4. The number of carbonyl (C=O) groups excluding carboxylic acids is 1. The molecular formula is C21H27ClN2O3. The van der Waals surface area contributed by atoms with Crippen LogP contribution in [0.4, 0.5) is 10.5 Å². The van der Waals surface area contributed by atoms with Crippen LogP contribution in [0.5, 0.6) is 5.75 Å². The van der Waals surface area contributed by atoms with Gasteiger partial charge in [0.2, 0.25) is 0 Å². The Hall–Kier alpha value is -2.24. The van der Waals surface area contributed by atoms with Gasteiger partial charge in [-0.05, 0) is 47.7 Å². The molecule has 2 aromatic carbocycles. The van der Waals surface area contributed by atoms with Crippen molar-refractivity contribution in [3.05, 3.63) is 58.1 Å². The van der Waals surface area contributed by atoms with Crippen LogP contribution < -0.4 is 15.4 Å². The van der Waals surface area contributed by atoms with Crippen molar-refractivity contribution in [1.29, 1.82) is 0 Å². The molecule has 146 valence electrons. The van der Waals surface area contributed by atoms with Crippen molar-refractivity contribution in [1.82, 2.24) is 5.32 Å². The molecular weight excluding hydrogens is 364 g/mol. The smallest absolute Gasteiger partial charge is 0.319 e. The fraction of sp³-hybridized carbons (Fsp3) is 0.381. The number of hydrogen-bond donors (Lipinski definition) is 2. The Balaban J connectivity index is 1.94. The van der Waals surface area contributed by atoms with Crippen LogP contribution in [-0.4, -0.2) is 26.4 Å². The number of rotatable bonds is 9. The van der Waals surface area contributed by atoms with Crippen LogP contribution >= 0.6 is 11.6 Å². The first-order valence-corrected chi connectivity index (χ1v) is 9.52. The Bertz CT molecular complexity index is 748.